The lowest BCUT2D eigenvalue weighted by atomic mass is 10.0. The fraction of sp³-hybridized carbons (Fsp3) is 0.286. The van der Waals surface area contributed by atoms with Crippen LogP contribution in [0.3, 0.4) is 0 Å². The van der Waals surface area contributed by atoms with Crippen molar-refractivity contribution in [3.8, 4) is 0 Å². The first-order valence-corrected chi connectivity index (χ1v) is 11.5. The second-order valence-electron chi connectivity index (χ2n) is 8.07. The van der Waals surface area contributed by atoms with Crippen molar-refractivity contribution in [3.63, 3.8) is 0 Å². The summed E-state index contributed by atoms with van der Waals surface area (Å²) in [4.78, 5) is 26.9. The summed E-state index contributed by atoms with van der Waals surface area (Å²) >= 11 is 0. The number of carbonyl (C=O) groups is 2. The molecule has 3 rings (SSSR count). The Labute approximate surface area is 191 Å². The molecule has 0 aliphatic carbocycles. The predicted octanol–water partition coefficient (Wildman–Crippen LogP) is 7.48. The zero-order chi connectivity index (χ0) is 22.9. The van der Waals surface area contributed by atoms with Crippen LogP contribution in [-0.4, -0.2) is 11.6 Å². The van der Waals surface area contributed by atoms with Gasteiger partial charge < -0.3 is 10.6 Å². The van der Waals surface area contributed by atoms with Gasteiger partial charge in [-0.25, -0.2) is 0 Å². The lowest BCUT2D eigenvalue weighted by molar-refractivity contribution is 0.0972. The van der Waals surface area contributed by atoms with Crippen LogP contribution < -0.4 is 10.6 Å². The number of Topliss-reactive ketones (excluding diaryl/α,β-unsaturated/α-hetero) is 2. The third-order valence-electron chi connectivity index (χ3n) is 5.56. The SMILES string of the molecule is CCCCC(=O)c1ccc(N(c2ccc(N)cc2)c2ccc(C(=O)CCCC)cc2)cc1. The van der Waals surface area contributed by atoms with Crippen molar-refractivity contribution in [1.29, 1.82) is 0 Å². The van der Waals surface area contributed by atoms with E-state index in [4.69, 9.17) is 5.73 Å². The first-order valence-electron chi connectivity index (χ1n) is 11.5. The van der Waals surface area contributed by atoms with Gasteiger partial charge in [0.05, 0.1) is 0 Å². The van der Waals surface area contributed by atoms with Crippen LogP contribution in [-0.2, 0) is 0 Å². The molecule has 0 saturated heterocycles. The van der Waals surface area contributed by atoms with Crippen molar-refractivity contribution in [2.24, 2.45) is 0 Å². The minimum absolute atomic E-state index is 0.173. The third-order valence-corrected chi connectivity index (χ3v) is 5.56. The van der Waals surface area contributed by atoms with Crippen LogP contribution in [0.25, 0.3) is 0 Å². The molecule has 0 radical (unpaired) electrons. The second-order valence-corrected chi connectivity index (χ2v) is 8.07. The normalized spacial score (nSPS) is 10.7. The van der Waals surface area contributed by atoms with Crippen molar-refractivity contribution < 1.29 is 9.59 Å². The Morgan fingerprint density at radius 1 is 0.625 bits per heavy atom. The summed E-state index contributed by atoms with van der Waals surface area (Å²) in [6.45, 7) is 4.17. The number of unbranched alkanes of at least 4 members (excludes halogenated alkanes) is 2. The third kappa shape index (κ3) is 5.85. The van der Waals surface area contributed by atoms with Crippen molar-refractivity contribution in [3.05, 3.63) is 83.9 Å². The number of benzene rings is 3. The Morgan fingerprint density at radius 2 is 0.969 bits per heavy atom. The molecule has 3 aromatic rings. The summed E-state index contributed by atoms with van der Waals surface area (Å²) in [5, 5.41) is 0. The Bertz CT molecular complexity index is 959. The molecule has 0 aliphatic heterocycles. The molecule has 0 bridgehead atoms. The maximum atomic E-state index is 12.4. The minimum Gasteiger partial charge on any atom is -0.399 e. The summed E-state index contributed by atoms with van der Waals surface area (Å²) in [6, 6.07) is 23.1. The molecule has 32 heavy (non-hydrogen) atoms. The van der Waals surface area contributed by atoms with Gasteiger partial charge in [0.2, 0.25) is 0 Å². The van der Waals surface area contributed by atoms with Gasteiger partial charge in [0.15, 0.2) is 11.6 Å². The van der Waals surface area contributed by atoms with Crippen LogP contribution in [0.1, 0.15) is 73.1 Å². The number of carbonyl (C=O) groups excluding carboxylic acids is 2. The number of anilines is 4. The molecule has 0 amide bonds. The maximum Gasteiger partial charge on any atom is 0.162 e. The van der Waals surface area contributed by atoms with E-state index in [1.807, 2.05) is 72.8 Å². The van der Waals surface area contributed by atoms with Crippen LogP contribution in [0, 0.1) is 0 Å². The average molecular weight is 429 g/mol. The standard InChI is InChI=1S/C28H32N2O2/c1-3-5-7-27(31)21-9-15-24(16-10-21)30(26-19-13-23(29)14-20-26)25-17-11-22(12-18-25)28(32)8-6-4-2/h9-20H,3-8,29H2,1-2H3. The fourth-order valence-corrected chi connectivity index (χ4v) is 3.63. The van der Waals surface area contributed by atoms with E-state index in [0.29, 0.717) is 18.5 Å². The highest BCUT2D eigenvalue weighted by Crippen LogP contribution is 2.35. The van der Waals surface area contributed by atoms with Gasteiger partial charge in [-0.3, -0.25) is 9.59 Å². The highest BCUT2D eigenvalue weighted by molar-refractivity contribution is 5.97. The second kappa shape index (κ2) is 11.3. The van der Waals surface area contributed by atoms with Gasteiger partial charge in [0, 0.05) is 46.7 Å². The molecule has 0 aromatic heterocycles. The molecule has 0 unspecified atom stereocenters. The topological polar surface area (TPSA) is 63.4 Å². The van der Waals surface area contributed by atoms with Crippen LogP contribution in [0.4, 0.5) is 22.7 Å². The van der Waals surface area contributed by atoms with Gasteiger partial charge >= 0.3 is 0 Å². The van der Waals surface area contributed by atoms with E-state index < -0.39 is 0 Å². The molecular formula is C28H32N2O2. The minimum atomic E-state index is 0.173. The molecule has 0 fully saturated rings. The lowest BCUT2D eigenvalue weighted by Crippen LogP contribution is -2.11. The molecule has 0 heterocycles. The summed E-state index contributed by atoms with van der Waals surface area (Å²) in [5.74, 6) is 0.347. The summed E-state index contributed by atoms with van der Waals surface area (Å²) < 4.78 is 0. The van der Waals surface area contributed by atoms with Crippen molar-refractivity contribution >= 4 is 34.3 Å². The van der Waals surface area contributed by atoms with Crippen molar-refractivity contribution in [2.45, 2.75) is 52.4 Å². The number of nitrogens with zero attached hydrogens (tertiary/aromatic N) is 1. The Balaban J connectivity index is 1.92. The largest absolute Gasteiger partial charge is 0.399 e. The quantitative estimate of drug-likeness (QED) is 0.254. The number of hydrogen-bond donors (Lipinski definition) is 1. The lowest BCUT2D eigenvalue weighted by Gasteiger charge is -2.26. The number of rotatable bonds is 11. The molecule has 4 nitrogen and oxygen atoms in total. The van der Waals surface area contributed by atoms with Crippen LogP contribution in [0.2, 0.25) is 0 Å². The monoisotopic (exact) mass is 428 g/mol. The summed E-state index contributed by atoms with van der Waals surface area (Å²) in [7, 11) is 0. The van der Waals surface area contributed by atoms with E-state index in [1.54, 1.807) is 0 Å². The van der Waals surface area contributed by atoms with E-state index in [-0.39, 0.29) is 11.6 Å². The zero-order valence-corrected chi connectivity index (χ0v) is 19.0. The van der Waals surface area contributed by atoms with E-state index in [9.17, 15) is 9.59 Å². The number of nitrogen functional groups attached to an aromatic ring is 1. The molecule has 0 aliphatic rings. The Kier molecular flexibility index (Phi) is 8.20. The molecule has 2 N–H and O–H groups in total. The molecule has 0 atom stereocenters. The van der Waals surface area contributed by atoms with Gasteiger partial charge in [-0.15, -0.1) is 0 Å². The van der Waals surface area contributed by atoms with Gasteiger partial charge in [-0.2, -0.15) is 0 Å². The molecular weight excluding hydrogens is 396 g/mol. The van der Waals surface area contributed by atoms with E-state index >= 15 is 0 Å². The maximum absolute atomic E-state index is 12.4. The van der Waals surface area contributed by atoms with Crippen LogP contribution in [0.5, 0.6) is 0 Å². The molecule has 0 saturated carbocycles. The van der Waals surface area contributed by atoms with Gasteiger partial charge in [-0.05, 0) is 85.6 Å². The number of nitrogens with two attached hydrogens (primary N) is 1. The summed E-state index contributed by atoms with van der Waals surface area (Å²) in [5.41, 5.74) is 10.9. The van der Waals surface area contributed by atoms with Gasteiger partial charge in [0.25, 0.3) is 0 Å². The molecule has 166 valence electrons. The van der Waals surface area contributed by atoms with Crippen LogP contribution >= 0.6 is 0 Å². The first kappa shape index (κ1) is 23.3. The molecule has 0 spiro atoms. The van der Waals surface area contributed by atoms with Crippen LogP contribution in [0.15, 0.2) is 72.8 Å². The predicted molar refractivity (Wildman–Crippen MR) is 133 cm³/mol. The van der Waals surface area contributed by atoms with E-state index in [1.165, 1.54) is 0 Å². The Morgan fingerprint density at radius 3 is 1.31 bits per heavy atom. The smallest absolute Gasteiger partial charge is 0.162 e. The highest BCUT2D eigenvalue weighted by Gasteiger charge is 2.15. The van der Waals surface area contributed by atoms with Gasteiger partial charge in [-0.1, -0.05) is 26.7 Å². The number of ketones is 2. The highest BCUT2D eigenvalue weighted by atomic mass is 16.1. The average Bonchev–Trinajstić information content (AvgIpc) is 2.83. The van der Waals surface area contributed by atoms with Gasteiger partial charge in [0.1, 0.15) is 0 Å². The summed E-state index contributed by atoms with van der Waals surface area (Å²) in [6.07, 6.45) is 4.97. The van der Waals surface area contributed by atoms with E-state index in [2.05, 4.69) is 18.7 Å². The fourth-order valence-electron chi connectivity index (χ4n) is 3.63. The molecule has 3 aromatic carbocycles. The van der Waals surface area contributed by atoms with Crippen molar-refractivity contribution in [1.82, 2.24) is 0 Å². The molecule has 4 heteroatoms. The first-order chi connectivity index (χ1) is 15.5. The van der Waals surface area contributed by atoms with Crippen molar-refractivity contribution in [2.75, 3.05) is 10.6 Å². The number of hydrogen-bond acceptors (Lipinski definition) is 4. The van der Waals surface area contributed by atoms with E-state index in [0.717, 1.165) is 53.9 Å². The Hall–Kier alpha value is -3.40. The zero-order valence-electron chi connectivity index (χ0n) is 19.0.